The van der Waals surface area contributed by atoms with Crippen LogP contribution in [0.15, 0.2) is 71.8 Å². The zero-order chi connectivity index (χ0) is 31.1. The fraction of sp³-hybridized carbons (Fsp3) is 0.457. The number of para-hydroxylation sites is 2. The van der Waals surface area contributed by atoms with E-state index in [0.29, 0.717) is 17.8 Å². The Morgan fingerprint density at radius 2 is 1.66 bits per heavy atom. The summed E-state index contributed by atoms with van der Waals surface area (Å²) in [5.41, 5.74) is 1.34. The van der Waals surface area contributed by atoms with Crippen LogP contribution in [-0.4, -0.2) is 61.9 Å². The number of aryl methyl sites for hydroxylation is 1. The van der Waals surface area contributed by atoms with Crippen molar-refractivity contribution in [3.8, 4) is 0 Å². The summed E-state index contributed by atoms with van der Waals surface area (Å²) in [6.07, 6.45) is 19.6. The molecule has 44 heavy (non-hydrogen) atoms. The molecule has 2 aliphatic rings. The first kappa shape index (κ1) is 33.2. The van der Waals surface area contributed by atoms with E-state index in [4.69, 9.17) is 14.5 Å². The normalized spacial score (nSPS) is 15.5. The van der Waals surface area contributed by atoms with Gasteiger partial charge in [-0.15, -0.1) is 11.3 Å². The van der Waals surface area contributed by atoms with Crippen molar-refractivity contribution in [2.45, 2.75) is 65.2 Å². The minimum Gasteiger partial charge on any atom is -0.428 e. The largest absolute Gasteiger partial charge is 0.428 e. The van der Waals surface area contributed by atoms with Gasteiger partial charge < -0.3 is 19.3 Å². The second-order valence-electron chi connectivity index (χ2n) is 11.1. The van der Waals surface area contributed by atoms with Crippen LogP contribution in [0, 0.1) is 6.92 Å². The molecule has 1 saturated heterocycles. The Kier molecular flexibility index (Phi) is 13.3. The molecule has 0 bridgehead atoms. The molecule has 236 valence electrons. The summed E-state index contributed by atoms with van der Waals surface area (Å²) in [7, 11) is 2.10. The molecule has 0 saturated carbocycles. The number of likely N-dealkylation sites (N-methyl/N-ethyl adjacent to an activating group) is 1. The van der Waals surface area contributed by atoms with Gasteiger partial charge in [-0.3, -0.25) is 4.79 Å². The van der Waals surface area contributed by atoms with E-state index in [1.807, 2.05) is 31.2 Å². The summed E-state index contributed by atoms with van der Waals surface area (Å²) >= 11 is 1.61. The first-order chi connectivity index (χ1) is 21.5. The summed E-state index contributed by atoms with van der Waals surface area (Å²) in [6.45, 7) is 7.06. The van der Waals surface area contributed by atoms with Gasteiger partial charge in [-0.2, -0.15) is 0 Å². The standard InChI is InChI=1S/C35H46N4O4S/c1-4-5-6-7-8-9-10-11-12-13-14-15-16-21-32(40)42-27-43-35(41)39-31-20-18-17-19-30(31)36-33-29(26-28(2)44-33)34(39)38-24-22-37(3)23-25-38/h5-6,8-9,11-12,17-20,26H,4,7,10,13-16,21-25,27H2,1-3H3. The van der Waals surface area contributed by atoms with Crippen molar-refractivity contribution in [3.05, 3.63) is 81.6 Å². The van der Waals surface area contributed by atoms with Crippen LogP contribution in [0.2, 0.25) is 0 Å². The molecule has 0 aliphatic carbocycles. The number of piperazine rings is 1. The van der Waals surface area contributed by atoms with Crippen molar-refractivity contribution in [2.24, 2.45) is 4.99 Å². The Balaban J connectivity index is 1.28. The third kappa shape index (κ3) is 9.66. The van der Waals surface area contributed by atoms with Crippen molar-refractivity contribution in [1.29, 1.82) is 0 Å². The van der Waals surface area contributed by atoms with Crippen LogP contribution in [0.25, 0.3) is 5.82 Å². The van der Waals surface area contributed by atoms with Gasteiger partial charge in [0.25, 0.3) is 0 Å². The molecular formula is C35H46N4O4S. The molecule has 0 N–H and O–H groups in total. The number of thiophene rings is 1. The second kappa shape index (κ2) is 17.6. The van der Waals surface area contributed by atoms with Crippen LogP contribution < -0.4 is 14.8 Å². The molecule has 2 aliphatic heterocycles. The highest BCUT2D eigenvalue weighted by Gasteiger charge is 2.32. The number of carbonyl (C=O) groups excluding carboxylic acids is 2. The van der Waals surface area contributed by atoms with E-state index in [2.05, 4.69) is 66.3 Å². The summed E-state index contributed by atoms with van der Waals surface area (Å²) in [6, 6.07) is 9.67. The summed E-state index contributed by atoms with van der Waals surface area (Å²) in [5.74, 6) is 0.401. The third-order valence-electron chi connectivity index (χ3n) is 7.55. The average Bonchev–Trinajstić information content (AvgIpc) is 3.31. The number of unbranched alkanes of at least 4 members (excludes halogenated alkanes) is 3. The van der Waals surface area contributed by atoms with Gasteiger partial charge in [0.2, 0.25) is 6.79 Å². The molecule has 1 aromatic carbocycles. The van der Waals surface area contributed by atoms with Gasteiger partial charge in [0.15, 0.2) is 0 Å². The number of rotatable bonds is 14. The van der Waals surface area contributed by atoms with E-state index in [9.17, 15) is 9.59 Å². The molecule has 0 unspecified atom stereocenters. The molecule has 0 atom stereocenters. The zero-order valence-electron chi connectivity index (χ0n) is 26.4. The smallest absolute Gasteiger partial charge is 0.423 e. The molecule has 4 rings (SSSR count). The van der Waals surface area contributed by atoms with Crippen molar-refractivity contribution in [3.63, 3.8) is 0 Å². The topological polar surface area (TPSA) is 74.7 Å². The average molecular weight is 619 g/mol. The van der Waals surface area contributed by atoms with Gasteiger partial charge in [0.1, 0.15) is 10.5 Å². The van der Waals surface area contributed by atoms with E-state index in [0.717, 1.165) is 91.7 Å². The van der Waals surface area contributed by atoms with Gasteiger partial charge in [0, 0.05) is 37.5 Å². The third-order valence-corrected chi connectivity index (χ3v) is 8.50. The molecular weight excluding hydrogens is 572 g/mol. The second-order valence-corrected chi connectivity index (χ2v) is 12.3. The van der Waals surface area contributed by atoms with Crippen molar-refractivity contribution in [1.82, 2.24) is 9.80 Å². The van der Waals surface area contributed by atoms with Crippen LogP contribution in [0.3, 0.4) is 0 Å². The van der Waals surface area contributed by atoms with E-state index >= 15 is 0 Å². The SMILES string of the molecule is CCC=CCC=CCC=CCCCCCC(=O)OCOC(=O)N1C(N2CCN(C)CC2)=c2cc(C)sc2=Nc2ccccc21. The quantitative estimate of drug-likeness (QED) is 0.103. The molecule has 8 nitrogen and oxygen atoms in total. The first-order valence-corrected chi connectivity index (χ1v) is 16.6. The number of ether oxygens (including phenoxy) is 2. The number of anilines is 1. The van der Waals surface area contributed by atoms with E-state index in [1.54, 1.807) is 16.2 Å². The lowest BCUT2D eigenvalue weighted by atomic mass is 10.1. The summed E-state index contributed by atoms with van der Waals surface area (Å²) in [5, 5.41) is 0.911. The van der Waals surface area contributed by atoms with Crippen LogP contribution in [0.1, 0.15) is 63.2 Å². The molecule has 1 amide bonds. The maximum atomic E-state index is 13.7. The lowest BCUT2D eigenvalue weighted by Gasteiger charge is -2.38. The number of esters is 1. The van der Waals surface area contributed by atoms with Crippen LogP contribution >= 0.6 is 11.3 Å². The Morgan fingerprint density at radius 3 is 2.43 bits per heavy atom. The summed E-state index contributed by atoms with van der Waals surface area (Å²) in [4.78, 5) is 38.2. The number of hydrogen-bond acceptors (Lipinski definition) is 8. The van der Waals surface area contributed by atoms with Crippen LogP contribution in [-0.2, 0) is 14.3 Å². The van der Waals surface area contributed by atoms with Crippen LogP contribution in [0.4, 0.5) is 16.2 Å². The van der Waals surface area contributed by atoms with Crippen LogP contribution in [0.5, 0.6) is 0 Å². The molecule has 2 aromatic rings. The lowest BCUT2D eigenvalue weighted by Crippen LogP contribution is -2.51. The Morgan fingerprint density at radius 1 is 0.932 bits per heavy atom. The molecule has 9 heteroatoms. The van der Waals surface area contributed by atoms with Gasteiger partial charge in [-0.05, 0) is 70.7 Å². The minimum atomic E-state index is -0.592. The molecule has 1 fully saturated rings. The fourth-order valence-electron chi connectivity index (χ4n) is 5.17. The highest BCUT2D eigenvalue weighted by Crippen LogP contribution is 2.34. The van der Waals surface area contributed by atoms with Crippen molar-refractivity contribution >= 4 is 40.6 Å². The maximum absolute atomic E-state index is 13.7. The number of nitrogens with zero attached hydrogens (tertiary/aromatic N) is 4. The van der Waals surface area contributed by atoms with Gasteiger partial charge >= 0.3 is 12.1 Å². The molecule has 3 heterocycles. The molecule has 0 radical (unpaired) electrons. The fourth-order valence-corrected chi connectivity index (χ4v) is 6.05. The minimum absolute atomic E-state index is 0.302. The van der Waals surface area contributed by atoms with Gasteiger partial charge in [-0.25, -0.2) is 14.7 Å². The number of fused-ring (bicyclic) bond motifs is 2. The Labute approximate surface area is 265 Å². The predicted molar refractivity (Wildman–Crippen MR) is 178 cm³/mol. The number of benzene rings is 1. The first-order valence-electron chi connectivity index (χ1n) is 15.8. The molecule has 0 spiro atoms. The lowest BCUT2D eigenvalue weighted by molar-refractivity contribution is -0.151. The zero-order valence-corrected chi connectivity index (χ0v) is 27.2. The highest BCUT2D eigenvalue weighted by atomic mass is 32.1. The maximum Gasteiger partial charge on any atom is 0.423 e. The van der Waals surface area contributed by atoms with E-state index < -0.39 is 12.9 Å². The monoisotopic (exact) mass is 618 g/mol. The summed E-state index contributed by atoms with van der Waals surface area (Å²) < 4.78 is 11.8. The van der Waals surface area contributed by atoms with Crippen molar-refractivity contribution < 1.29 is 19.1 Å². The number of carbonyl (C=O) groups is 2. The van der Waals surface area contributed by atoms with Crippen molar-refractivity contribution in [2.75, 3.05) is 44.9 Å². The number of amides is 1. The number of allylic oxidation sites excluding steroid dienone is 6. The van der Waals surface area contributed by atoms with E-state index in [-0.39, 0.29) is 5.97 Å². The van der Waals surface area contributed by atoms with E-state index in [1.165, 1.54) is 0 Å². The predicted octanol–water partition coefficient (Wildman–Crippen LogP) is 6.59. The molecule has 1 aromatic heterocycles. The van der Waals surface area contributed by atoms with Gasteiger partial charge in [0.05, 0.1) is 16.6 Å². The Hall–Kier alpha value is -3.69. The van der Waals surface area contributed by atoms with Gasteiger partial charge in [-0.1, -0.05) is 61.9 Å². The highest BCUT2D eigenvalue weighted by molar-refractivity contribution is 7.09. The number of hydrogen-bond donors (Lipinski definition) is 0. The Bertz CT molecular complexity index is 1450.